The minimum absolute atomic E-state index is 0.890. The Morgan fingerprint density at radius 3 is 2.94 bits per heavy atom. The molecule has 1 aromatic rings. The van der Waals surface area contributed by atoms with Gasteiger partial charge in [-0.15, -0.1) is 0 Å². The lowest BCUT2D eigenvalue weighted by Crippen LogP contribution is -2.40. The third-order valence-electron chi connectivity index (χ3n) is 2.96. The van der Waals surface area contributed by atoms with Gasteiger partial charge in [0.15, 0.2) is 5.96 Å². The second-order valence-electron chi connectivity index (χ2n) is 4.27. The summed E-state index contributed by atoms with van der Waals surface area (Å²) >= 11 is 0. The highest BCUT2D eigenvalue weighted by Crippen LogP contribution is 2.27. The van der Waals surface area contributed by atoms with Crippen molar-refractivity contribution in [2.24, 2.45) is 4.99 Å². The van der Waals surface area contributed by atoms with Gasteiger partial charge in [-0.1, -0.05) is 25.1 Å². The fourth-order valence-electron chi connectivity index (χ4n) is 2.17. The first-order valence-corrected chi connectivity index (χ1v) is 6.50. The molecule has 0 atom stereocenters. The molecule has 0 amide bonds. The molecule has 0 fully saturated rings. The Bertz CT molecular complexity index is 398. The average molecular weight is 231 g/mol. The van der Waals surface area contributed by atoms with Gasteiger partial charge in [0.25, 0.3) is 0 Å². The SMILES string of the molecule is CCCN=C(NCC)N1CCc2ccccc21. The number of aliphatic imine (C=N–C) groups is 1. The topological polar surface area (TPSA) is 27.6 Å². The monoisotopic (exact) mass is 231 g/mol. The van der Waals surface area contributed by atoms with Crippen LogP contribution >= 0.6 is 0 Å². The molecule has 0 aliphatic carbocycles. The second-order valence-corrected chi connectivity index (χ2v) is 4.27. The summed E-state index contributed by atoms with van der Waals surface area (Å²) in [4.78, 5) is 6.94. The summed E-state index contributed by atoms with van der Waals surface area (Å²) in [5.41, 5.74) is 2.73. The van der Waals surface area contributed by atoms with Gasteiger partial charge in [-0.25, -0.2) is 0 Å². The van der Waals surface area contributed by atoms with Crippen LogP contribution in [0.2, 0.25) is 0 Å². The summed E-state index contributed by atoms with van der Waals surface area (Å²) < 4.78 is 0. The lowest BCUT2D eigenvalue weighted by atomic mass is 10.2. The average Bonchev–Trinajstić information content (AvgIpc) is 2.78. The first-order valence-electron chi connectivity index (χ1n) is 6.50. The smallest absolute Gasteiger partial charge is 0.198 e. The molecule has 0 aromatic heterocycles. The summed E-state index contributed by atoms with van der Waals surface area (Å²) in [6.07, 6.45) is 2.21. The molecule has 0 spiro atoms. The number of rotatable bonds is 3. The molecule has 1 N–H and O–H groups in total. The van der Waals surface area contributed by atoms with Crippen LogP contribution in [-0.4, -0.2) is 25.6 Å². The number of hydrogen-bond donors (Lipinski definition) is 1. The van der Waals surface area contributed by atoms with Gasteiger partial charge in [0, 0.05) is 25.3 Å². The summed E-state index contributed by atoms with van der Waals surface area (Å²) in [5, 5.41) is 3.38. The van der Waals surface area contributed by atoms with E-state index in [4.69, 9.17) is 0 Å². The molecule has 1 aliphatic heterocycles. The van der Waals surface area contributed by atoms with Crippen molar-refractivity contribution in [1.82, 2.24) is 5.32 Å². The zero-order valence-electron chi connectivity index (χ0n) is 10.7. The zero-order valence-corrected chi connectivity index (χ0v) is 10.7. The highest BCUT2D eigenvalue weighted by molar-refractivity contribution is 5.97. The molecule has 1 aliphatic rings. The summed E-state index contributed by atoms with van der Waals surface area (Å²) in [6.45, 7) is 7.12. The minimum Gasteiger partial charge on any atom is -0.356 e. The zero-order chi connectivity index (χ0) is 12.1. The van der Waals surface area contributed by atoms with E-state index in [2.05, 4.69) is 53.3 Å². The number of guanidine groups is 1. The molecule has 0 bridgehead atoms. The van der Waals surface area contributed by atoms with Crippen molar-refractivity contribution in [1.29, 1.82) is 0 Å². The largest absolute Gasteiger partial charge is 0.356 e. The number of benzene rings is 1. The predicted octanol–water partition coefficient (Wildman–Crippen LogP) is 2.42. The molecular formula is C14H21N3. The van der Waals surface area contributed by atoms with Crippen molar-refractivity contribution >= 4 is 11.6 Å². The summed E-state index contributed by atoms with van der Waals surface area (Å²) in [5.74, 6) is 1.03. The first kappa shape index (κ1) is 12.0. The van der Waals surface area contributed by atoms with E-state index >= 15 is 0 Å². The van der Waals surface area contributed by atoms with E-state index in [0.717, 1.165) is 38.4 Å². The Labute approximate surface area is 104 Å². The normalized spacial score (nSPS) is 14.9. The van der Waals surface area contributed by atoms with Crippen molar-refractivity contribution in [2.45, 2.75) is 26.7 Å². The van der Waals surface area contributed by atoms with Crippen molar-refractivity contribution in [3.63, 3.8) is 0 Å². The number of hydrogen-bond acceptors (Lipinski definition) is 1. The van der Waals surface area contributed by atoms with E-state index in [0.29, 0.717) is 0 Å². The maximum atomic E-state index is 4.64. The van der Waals surface area contributed by atoms with Gasteiger partial charge in [0.05, 0.1) is 0 Å². The number of anilines is 1. The fourth-order valence-corrected chi connectivity index (χ4v) is 2.17. The van der Waals surface area contributed by atoms with Crippen LogP contribution in [0.5, 0.6) is 0 Å². The van der Waals surface area contributed by atoms with Gasteiger partial charge in [-0.05, 0) is 31.4 Å². The maximum Gasteiger partial charge on any atom is 0.198 e. The Morgan fingerprint density at radius 1 is 1.35 bits per heavy atom. The van der Waals surface area contributed by atoms with Gasteiger partial charge < -0.3 is 10.2 Å². The van der Waals surface area contributed by atoms with E-state index in [-0.39, 0.29) is 0 Å². The van der Waals surface area contributed by atoms with Gasteiger partial charge in [-0.2, -0.15) is 0 Å². The summed E-state index contributed by atoms with van der Waals surface area (Å²) in [7, 11) is 0. The van der Waals surface area contributed by atoms with Gasteiger partial charge in [-0.3, -0.25) is 4.99 Å². The third-order valence-corrected chi connectivity index (χ3v) is 2.96. The van der Waals surface area contributed by atoms with Crippen LogP contribution in [0.1, 0.15) is 25.8 Å². The lowest BCUT2D eigenvalue weighted by molar-refractivity contribution is 0.861. The quantitative estimate of drug-likeness (QED) is 0.639. The standard InChI is InChI=1S/C14H21N3/c1-3-10-16-14(15-4-2)17-11-9-12-7-5-6-8-13(12)17/h5-8H,3-4,9-11H2,1-2H3,(H,15,16). The Balaban J connectivity index is 2.21. The molecule has 92 valence electrons. The van der Waals surface area contributed by atoms with E-state index in [9.17, 15) is 0 Å². The van der Waals surface area contributed by atoms with Crippen LogP contribution in [0.3, 0.4) is 0 Å². The van der Waals surface area contributed by atoms with Crippen LogP contribution < -0.4 is 10.2 Å². The highest BCUT2D eigenvalue weighted by Gasteiger charge is 2.21. The van der Waals surface area contributed by atoms with E-state index in [1.807, 2.05) is 0 Å². The Kier molecular flexibility index (Phi) is 4.02. The molecule has 17 heavy (non-hydrogen) atoms. The van der Waals surface area contributed by atoms with Crippen LogP contribution in [0.25, 0.3) is 0 Å². The molecule has 0 saturated carbocycles. The third kappa shape index (κ3) is 2.60. The van der Waals surface area contributed by atoms with Crippen molar-refractivity contribution in [3.8, 4) is 0 Å². The van der Waals surface area contributed by atoms with Crippen LogP contribution in [0.15, 0.2) is 29.3 Å². The Morgan fingerprint density at radius 2 is 2.18 bits per heavy atom. The Hall–Kier alpha value is -1.51. The molecule has 2 rings (SSSR count). The maximum absolute atomic E-state index is 4.64. The van der Waals surface area contributed by atoms with Gasteiger partial charge >= 0.3 is 0 Å². The number of nitrogens with one attached hydrogen (secondary N) is 1. The molecule has 3 heteroatoms. The van der Waals surface area contributed by atoms with E-state index in [1.54, 1.807) is 0 Å². The first-order chi connectivity index (χ1) is 8.36. The molecule has 1 heterocycles. The molecule has 0 radical (unpaired) electrons. The van der Waals surface area contributed by atoms with Crippen LogP contribution in [0.4, 0.5) is 5.69 Å². The molecule has 0 saturated heterocycles. The van der Waals surface area contributed by atoms with Crippen LogP contribution in [-0.2, 0) is 6.42 Å². The van der Waals surface area contributed by atoms with Crippen LogP contribution in [0, 0.1) is 0 Å². The molecule has 1 aromatic carbocycles. The fraction of sp³-hybridized carbons (Fsp3) is 0.500. The molecule has 0 unspecified atom stereocenters. The molecular weight excluding hydrogens is 210 g/mol. The number of nitrogens with zero attached hydrogens (tertiary/aromatic N) is 2. The van der Waals surface area contributed by atoms with E-state index in [1.165, 1.54) is 11.3 Å². The number of para-hydroxylation sites is 1. The predicted molar refractivity (Wildman–Crippen MR) is 73.8 cm³/mol. The van der Waals surface area contributed by atoms with Gasteiger partial charge in [0.2, 0.25) is 0 Å². The van der Waals surface area contributed by atoms with Crippen molar-refractivity contribution in [2.75, 3.05) is 24.5 Å². The summed E-state index contributed by atoms with van der Waals surface area (Å²) in [6, 6.07) is 8.60. The van der Waals surface area contributed by atoms with E-state index < -0.39 is 0 Å². The molecule has 3 nitrogen and oxygen atoms in total. The highest BCUT2D eigenvalue weighted by atomic mass is 15.3. The second kappa shape index (κ2) is 5.71. The van der Waals surface area contributed by atoms with Gasteiger partial charge in [0.1, 0.15) is 0 Å². The van der Waals surface area contributed by atoms with Crippen molar-refractivity contribution < 1.29 is 0 Å². The minimum atomic E-state index is 0.890. The number of fused-ring (bicyclic) bond motifs is 1. The lowest BCUT2D eigenvalue weighted by Gasteiger charge is -2.22. The van der Waals surface area contributed by atoms with Crippen molar-refractivity contribution in [3.05, 3.63) is 29.8 Å².